The number of hydrogen-bond acceptors (Lipinski definition) is 5. The lowest BCUT2D eigenvalue weighted by molar-refractivity contribution is 0.0728. The molecule has 1 aromatic heterocycles. The quantitative estimate of drug-likeness (QED) is 0.653. The number of ether oxygens (including phenoxy) is 1. The van der Waals surface area contributed by atoms with Crippen LogP contribution in [0.3, 0.4) is 0 Å². The van der Waals surface area contributed by atoms with Crippen molar-refractivity contribution < 1.29 is 13.9 Å². The van der Waals surface area contributed by atoms with E-state index in [2.05, 4.69) is 4.90 Å². The number of anilines is 1. The van der Waals surface area contributed by atoms with Crippen LogP contribution in [-0.4, -0.2) is 53.6 Å². The van der Waals surface area contributed by atoms with Gasteiger partial charge in [0.15, 0.2) is 5.82 Å². The molecule has 158 valence electrons. The molecule has 0 radical (unpaired) electrons. The lowest BCUT2D eigenvalue weighted by Gasteiger charge is -2.34. The Kier molecular flexibility index (Phi) is 5.34. The minimum absolute atomic E-state index is 0.0979. The van der Waals surface area contributed by atoms with E-state index in [1.807, 2.05) is 30.3 Å². The van der Waals surface area contributed by atoms with Gasteiger partial charge in [0, 0.05) is 37.2 Å². The molecule has 0 saturated carbocycles. The van der Waals surface area contributed by atoms with E-state index in [1.54, 1.807) is 17.0 Å². The molecule has 2 aromatic carbocycles. The third kappa shape index (κ3) is 3.88. The van der Waals surface area contributed by atoms with Gasteiger partial charge >= 0.3 is 0 Å². The number of rotatable bonds is 3. The summed E-state index contributed by atoms with van der Waals surface area (Å²) >= 11 is 0. The zero-order chi connectivity index (χ0) is 21.2. The second kappa shape index (κ2) is 8.43. The number of carbonyl (C=O) groups is 1. The number of aromatic nitrogens is 2. The van der Waals surface area contributed by atoms with Crippen LogP contribution in [-0.2, 0) is 17.7 Å². The molecule has 3 aromatic rings. The van der Waals surface area contributed by atoms with Crippen molar-refractivity contribution in [2.75, 3.05) is 37.7 Å². The number of amides is 1. The van der Waals surface area contributed by atoms with Crippen LogP contribution in [0.25, 0.3) is 11.4 Å². The summed E-state index contributed by atoms with van der Waals surface area (Å²) in [6, 6.07) is 16.0. The Bertz CT molecular complexity index is 1100. The fraction of sp³-hybridized carbons (Fsp3) is 0.292. The molecule has 0 bridgehead atoms. The molecule has 0 atom stereocenters. The fourth-order valence-electron chi connectivity index (χ4n) is 4.13. The van der Waals surface area contributed by atoms with Crippen LogP contribution in [0, 0.1) is 5.82 Å². The Morgan fingerprint density at radius 3 is 2.45 bits per heavy atom. The van der Waals surface area contributed by atoms with E-state index in [1.165, 1.54) is 12.1 Å². The summed E-state index contributed by atoms with van der Waals surface area (Å²) < 4.78 is 19.7. The second-order valence-electron chi connectivity index (χ2n) is 7.72. The molecule has 5 rings (SSSR count). The van der Waals surface area contributed by atoms with Crippen LogP contribution < -0.4 is 4.90 Å². The molecular formula is C24H23FN4O2. The van der Waals surface area contributed by atoms with Gasteiger partial charge in [-0.15, -0.1) is 0 Å². The number of hydrogen-bond donors (Lipinski definition) is 0. The van der Waals surface area contributed by atoms with Crippen molar-refractivity contribution in [1.29, 1.82) is 0 Å². The van der Waals surface area contributed by atoms with Crippen LogP contribution in [0.4, 0.5) is 10.2 Å². The number of nitrogens with zero attached hydrogens (tertiary/aromatic N) is 4. The largest absolute Gasteiger partial charge is 0.378 e. The third-order valence-corrected chi connectivity index (χ3v) is 5.77. The monoisotopic (exact) mass is 418 g/mol. The topological polar surface area (TPSA) is 58.6 Å². The van der Waals surface area contributed by atoms with Crippen LogP contribution in [0.2, 0.25) is 0 Å². The summed E-state index contributed by atoms with van der Waals surface area (Å²) in [5.74, 6) is 0.735. The van der Waals surface area contributed by atoms with Crippen LogP contribution in [0.15, 0.2) is 54.6 Å². The normalized spacial score (nSPS) is 16.2. The predicted molar refractivity (Wildman–Crippen MR) is 115 cm³/mol. The number of fused-ring (bicyclic) bond motifs is 1. The molecule has 3 heterocycles. The molecule has 0 unspecified atom stereocenters. The lowest BCUT2D eigenvalue weighted by atomic mass is 10.0. The minimum atomic E-state index is -0.498. The van der Waals surface area contributed by atoms with Gasteiger partial charge in [-0.05, 0) is 12.1 Å². The summed E-state index contributed by atoms with van der Waals surface area (Å²) in [5.41, 5.74) is 2.95. The highest BCUT2D eigenvalue weighted by Gasteiger charge is 2.29. The standard InChI is InChI=1S/C24H23FN4O2/c25-20-9-5-4-8-18(20)24(30)29-11-10-21-19(16-29)23(28-12-14-31-15-13-28)27-22(26-21)17-6-2-1-3-7-17/h1-9H,10-16H2. The van der Waals surface area contributed by atoms with E-state index in [0.717, 1.165) is 35.7 Å². The van der Waals surface area contributed by atoms with Crippen molar-refractivity contribution in [3.63, 3.8) is 0 Å². The highest BCUT2D eigenvalue weighted by atomic mass is 19.1. The molecular weight excluding hydrogens is 395 g/mol. The molecule has 7 heteroatoms. The maximum absolute atomic E-state index is 14.2. The number of carbonyl (C=O) groups excluding carboxylic acids is 1. The highest BCUT2D eigenvalue weighted by Crippen LogP contribution is 2.31. The Morgan fingerprint density at radius 1 is 0.935 bits per heavy atom. The molecule has 1 fully saturated rings. The van der Waals surface area contributed by atoms with Gasteiger partial charge < -0.3 is 14.5 Å². The first-order valence-electron chi connectivity index (χ1n) is 10.5. The average molecular weight is 418 g/mol. The Balaban J connectivity index is 1.53. The maximum Gasteiger partial charge on any atom is 0.257 e. The molecule has 1 amide bonds. The van der Waals surface area contributed by atoms with E-state index < -0.39 is 5.82 Å². The SMILES string of the molecule is O=C(c1ccccc1F)N1CCc2nc(-c3ccccc3)nc(N3CCOCC3)c2C1. The number of halogens is 1. The van der Waals surface area contributed by atoms with E-state index in [0.29, 0.717) is 38.5 Å². The summed E-state index contributed by atoms with van der Waals surface area (Å²) in [7, 11) is 0. The van der Waals surface area contributed by atoms with Gasteiger partial charge in [0.1, 0.15) is 11.6 Å². The van der Waals surface area contributed by atoms with Crippen molar-refractivity contribution in [3.05, 3.63) is 77.2 Å². The van der Waals surface area contributed by atoms with Crippen LogP contribution >= 0.6 is 0 Å². The van der Waals surface area contributed by atoms with Gasteiger partial charge in [0.25, 0.3) is 5.91 Å². The van der Waals surface area contributed by atoms with Crippen LogP contribution in [0.1, 0.15) is 21.6 Å². The van der Waals surface area contributed by atoms with Gasteiger partial charge in [-0.2, -0.15) is 0 Å². The first kappa shape index (κ1) is 19.6. The molecule has 2 aliphatic heterocycles. The van der Waals surface area contributed by atoms with Crippen molar-refractivity contribution >= 4 is 11.7 Å². The van der Waals surface area contributed by atoms with Gasteiger partial charge in [-0.1, -0.05) is 42.5 Å². The van der Waals surface area contributed by atoms with E-state index in [4.69, 9.17) is 14.7 Å². The molecule has 0 aliphatic carbocycles. The fourth-order valence-corrected chi connectivity index (χ4v) is 4.13. The second-order valence-corrected chi connectivity index (χ2v) is 7.72. The van der Waals surface area contributed by atoms with Crippen molar-refractivity contribution in [2.24, 2.45) is 0 Å². The predicted octanol–water partition coefficient (Wildman–Crippen LogP) is 3.32. The summed E-state index contributed by atoms with van der Waals surface area (Å²) in [6.45, 7) is 3.60. The molecule has 1 saturated heterocycles. The Labute approximate surface area is 180 Å². The zero-order valence-electron chi connectivity index (χ0n) is 17.1. The smallest absolute Gasteiger partial charge is 0.257 e. The van der Waals surface area contributed by atoms with Crippen molar-refractivity contribution in [1.82, 2.24) is 14.9 Å². The number of benzene rings is 2. The maximum atomic E-state index is 14.2. The zero-order valence-corrected chi connectivity index (χ0v) is 17.1. The molecule has 0 N–H and O–H groups in total. The first-order chi connectivity index (χ1) is 15.2. The lowest BCUT2D eigenvalue weighted by Crippen LogP contribution is -2.41. The van der Waals surface area contributed by atoms with E-state index in [9.17, 15) is 9.18 Å². The number of morpholine rings is 1. The van der Waals surface area contributed by atoms with Gasteiger partial charge in [-0.25, -0.2) is 14.4 Å². The first-order valence-corrected chi connectivity index (χ1v) is 10.5. The third-order valence-electron chi connectivity index (χ3n) is 5.77. The average Bonchev–Trinajstić information content (AvgIpc) is 2.84. The Morgan fingerprint density at radius 2 is 1.68 bits per heavy atom. The minimum Gasteiger partial charge on any atom is -0.378 e. The van der Waals surface area contributed by atoms with Gasteiger partial charge in [0.2, 0.25) is 0 Å². The van der Waals surface area contributed by atoms with E-state index in [-0.39, 0.29) is 11.5 Å². The molecule has 6 nitrogen and oxygen atoms in total. The summed E-state index contributed by atoms with van der Waals surface area (Å²) in [5, 5.41) is 0. The van der Waals surface area contributed by atoms with Crippen molar-refractivity contribution in [3.8, 4) is 11.4 Å². The molecule has 2 aliphatic rings. The molecule has 0 spiro atoms. The summed E-state index contributed by atoms with van der Waals surface area (Å²) in [4.78, 5) is 26.7. The summed E-state index contributed by atoms with van der Waals surface area (Å²) in [6.07, 6.45) is 0.606. The van der Waals surface area contributed by atoms with Gasteiger partial charge in [-0.3, -0.25) is 4.79 Å². The Hall–Kier alpha value is -3.32. The highest BCUT2D eigenvalue weighted by molar-refractivity contribution is 5.94. The van der Waals surface area contributed by atoms with E-state index >= 15 is 0 Å². The molecule has 31 heavy (non-hydrogen) atoms. The van der Waals surface area contributed by atoms with Crippen LogP contribution in [0.5, 0.6) is 0 Å². The van der Waals surface area contributed by atoms with Gasteiger partial charge in [0.05, 0.1) is 31.0 Å². The van der Waals surface area contributed by atoms with Crippen molar-refractivity contribution in [2.45, 2.75) is 13.0 Å².